The van der Waals surface area contributed by atoms with Gasteiger partial charge in [0.2, 0.25) is 5.91 Å². The molecule has 0 radical (unpaired) electrons. The molecule has 0 bridgehead atoms. The average molecular weight is 366 g/mol. The van der Waals surface area contributed by atoms with Crippen LogP contribution in [0.5, 0.6) is 0 Å². The fourth-order valence-electron chi connectivity index (χ4n) is 3.60. The first-order valence-electron chi connectivity index (χ1n) is 10.4. The molecule has 1 N–H and O–H groups in total. The van der Waals surface area contributed by atoms with Gasteiger partial charge < -0.3 is 15.1 Å². The van der Waals surface area contributed by atoms with Gasteiger partial charge in [0.1, 0.15) is 0 Å². The van der Waals surface area contributed by atoms with Crippen LogP contribution in [0.4, 0.5) is 0 Å². The van der Waals surface area contributed by atoms with Gasteiger partial charge in [0, 0.05) is 52.4 Å². The van der Waals surface area contributed by atoms with Gasteiger partial charge in [-0.3, -0.25) is 14.7 Å². The minimum absolute atomic E-state index is 0.00402. The highest BCUT2D eigenvalue weighted by molar-refractivity contribution is 5.82. The topological polar surface area (TPSA) is 51.2 Å². The number of carbonyl (C=O) groups is 1. The van der Waals surface area contributed by atoms with E-state index in [1.165, 1.54) is 0 Å². The number of rotatable bonds is 5. The summed E-state index contributed by atoms with van der Waals surface area (Å²) in [7, 11) is 0. The van der Waals surface area contributed by atoms with E-state index in [0.29, 0.717) is 11.3 Å². The molecule has 0 aromatic rings. The Labute approximate surface area is 160 Å². The summed E-state index contributed by atoms with van der Waals surface area (Å²) in [6, 6.07) is -0.00402. The summed E-state index contributed by atoms with van der Waals surface area (Å²) in [5.74, 6) is 1.33. The van der Waals surface area contributed by atoms with Crippen LogP contribution in [0.3, 0.4) is 0 Å². The van der Waals surface area contributed by atoms with E-state index in [4.69, 9.17) is 4.99 Å². The quantitative estimate of drug-likeness (QED) is 0.598. The Morgan fingerprint density at radius 2 is 1.65 bits per heavy atom. The number of nitrogens with one attached hydrogen (secondary N) is 1. The Hall–Kier alpha value is -1.30. The normalized spacial score (nSPS) is 21.2. The van der Waals surface area contributed by atoms with Crippen molar-refractivity contribution in [2.75, 3.05) is 52.4 Å². The number of carbonyl (C=O) groups excluding carboxylic acids is 1. The Morgan fingerprint density at radius 3 is 2.19 bits per heavy atom. The lowest BCUT2D eigenvalue weighted by Gasteiger charge is -2.39. The summed E-state index contributed by atoms with van der Waals surface area (Å²) in [5.41, 5.74) is 0.310. The van der Waals surface area contributed by atoms with Crippen LogP contribution in [0, 0.1) is 5.41 Å². The molecular formula is C20H39N5O. The van der Waals surface area contributed by atoms with Gasteiger partial charge >= 0.3 is 0 Å². The van der Waals surface area contributed by atoms with Crippen LogP contribution in [-0.2, 0) is 4.79 Å². The molecule has 0 saturated carbocycles. The monoisotopic (exact) mass is 365 g/mol. The molecule has 2 heterocycles. The predicted octanol–water partition coefficient (Wildman–Crippen LogP) is 2.02. The molecule has 0 aromatic carbocycles. The van der Waals surface area contributed by atoms with Crippen LogP contribution in [0.2, 0.25) is 0 Å². The van der Waals surface area contributed by atoms with Crippen molar-refractivity contribution in [3.63, 3.8) is 0 Å². The molecule has 6 nitrogen and oxygen atoms in total. The summed E-state index contributed by atoms with van der Waals surface area (Å²) in [5, 5.41) is 3.43. The lowest BCUT2D eigenvalue weighted by molar-refractivity contribution is -0.135. The molecule has 2 aliphatic rings. The Balaban J connectivity index is 1.86. The molecule has 0 spiro atoms. The van der Waals surface area contributed by atoms with E-state index in [1.54, 1.807) is 0 Å². The second-order valence-corrected chi connectivity index (χ2v) is 8.78. The van der Waals surface area contributed by atoms with Gasteiger partial charge in [0.05, 0.1) is 6.04 Å². The number of guanidine groups is 1. The first kappa shape index (κ1) is 21.0. The lowest BCUT2D eigenvalue weighted by atomic mass is 9.92. The highest BCUT2D eigenvalue weighted by atomic mass is 16.2. The zero-order valence-corrected chi connectivity index (χ0v) is 17.6. The molecule has 6 heteroatoms. The zero-order valence-electron chi connectivity index (χ0n) is 17.6. The number of amides is 1. The van der Waals surface area contributed by atoms with E-state index in [0.717, 1.165) is 77.6 Å². The third-order valence-electron chi connectivity index (χ3n) is 5.39. The van der Waals surface area contributed by atoms with Crippen LogP contribution in [0.25, 0.3) is 0 Å². The number of likely N-dealkylation sites (tertiary alicyclic amines) is 1. The van der Waals surface area contributed by atoms with Gasteiger partial charge in [-0.25, -0.2) is 0 Å². The van der Waals surface area contributed by atoms with Crippen molar-refractivity contribution in [3.8, 4) is 0 Å². The molecular weight excluding hydrogens is 326 g/mol. The summed E-state index contributed by atoms with van der Waals surface area (Å²) >= 11 is 0. The van der Waals surface area contributed by atoms with Gasteiger partial charge in [0.25, 0.3) is 0 Å². The van der Waals surface area contributed by atoms with Crippen LogP contribution in [-0.4, -0.2) is 85.0 Å². The third kappa shape index (κ3) is 6.15. The smallest absolute Gasteiger partial charge is 0.239 e. The summed E-state index contributed by atoms with van der Waals surface area (Å²) in [6.45, 7) is 18.3. The average Bonchev–Trinajstić information content (AvgIpc) is 3.13. The maximum absolute atomic E-state index is 12.6. The van der Waals surface area contributed by atoms with E-state index >= 15 is 0 Å². The van der Waals surface area contributed by atoms with Crippen molar-refractivity contribution in [1.82, 2.24) is 20.0 Å². The van der Waals surface area contributed by atoms with Crippen LogP contribution in [0.15, 0.2) is 4.99 Å². The lowest BCUT2D eigenvalue weighted by Crippen LogP contribution is -2.57. The Morgan fingerprint density at radius 1 is 1.04 bits per heavy atom. The number of hydrogen-bond acceptors (Lipinski definition) is 3. The SMILES string of the molecule is CCNC(=NCCC(C)(C)C)N1CCN(C(C)C(=O)N2CCCC2)CC1. The standard InChI is InChI=1S/C20H39N5O/c1-6-21-19(22-10-9-20(3,4)5)25-15-13-23(14-16-25)17(2)18(26)24-11-7-8-12-24/h17H,6-16H2,1-5H3,(H,21,22). The molecule has 26 heavy (non-hydrogen) atoms. The first-order chi connectivity index (χ1) is 12.3. The summed E-state index contributed by atoms with van der Waals surface area (Å²) in [4.78, 5) is 24.2. The van der Waals surface area contributed by atoms with E-state index < -0.39 is 0 Å². The fourth-order valence-corrected chi connectivity index (χ4v) is 3.60. The molecule has 1 atom stereocenters. The van der Waals surface area contributed by atoms with Gasteiger partial charge in [-0.1, -0.05) is 20.8 Å². The number of piperazine rings is 1. The molecule has 1 amide bonds. The first-order valence-corrected chi connectivity index (χ1v) is 10.4. The highest BCUT2D eigenvalue weighted by Gasteiger charge is 2.30. The van der Waals surface area contributed by atoms with Crippen LogP contribution in [0.1, 0.15) is 53.9 Å². The van der Waals surface area contributed by atoms with E-state index in [-0.39, 0.29) is 6.04 Å². The maximum atomic E-state index is 12.6. The highest BCUT2D eigenvalue weighted by Crippen LogP contribution is 2.18. The minimum atomic E-state index is -0.00402. The Kier molecular flexibility index (Phi) is 7.74. The van der Waals surface area contributed by atoms with Crippen molar-refractivity contribution < 1.29 is 4.79 Å². The van der Waals surface area contributed by atoms with Gasteiger partial charge in [-0.05, 0) is 38.5 Å². The molecule has 0 aliphatic carbocycles. The molecule has 2 aliphatic heterocycles. The van der Waals surface area contributed by atoms with Gasteiger partial charge in [-0.2, -0.15) is 0 Å². The molecule has 2 saturated heterocycles. The maximum Gasteiger partial charge on any atom is 0.239 e. The Bertz CT molecular complexity index is 471. The number of hydrogen-bond donors (Lipinski definition) is 1. The van der Waals surface area contributed by atoms with Crippen LogP contribution < -0.4 is 5.32 Å². The fraction of sp³-hybridized carbons (Fsp3) is 0.900. The number of nitrogens with zero attached hydrogens (tertiary/aromatic N) is 4. The largest absolute Gasteiger partial charge is 0.357 e. The zero-order chi connectivity index (χ0) is 19.2. The van der Waals surface area contributed by atoms with Crippen molar-refractivity contribution in [2.24, 2.45) is 10.4 Å². The van der Waals surface area contributed by atoms with Crippen molar-refractivity contribution in [3.05, 3.63) is 0 Å². The third-order valence-corrected chi connectivity index (χ3v) is 5.39. The van der Waals surface area contributed by atoms with Gasteiger partial charge in [0.15, 0.2) is 5.96 Å². The molecule has 1 unspecified atom stereocenters. The minimum Gasteiger partial charge on any atom is -0.357 e. The molecule has 2 fully saturated rings. The second kappa shape index (κ2) is 9.58. The second-order valence-electron chi connectivity index (χ2n) is 8.78. The van der Waals surface area contributed by atoms with E-state index in [2.05, 4.69) is 49.7 Å². The summed E-state index contributed by atoms with van der Waals surface area (Å²) in [6.07, 6.45) is 3.40. The molecule has 0 aromatic heterocycles. The van der Waals surface area contributed by atoms with E-state index in [9.17, 15) is 4.79 Å². The van der Waals surface area contributed by atoms with Crippen molar-refractivity contribution in [1.29, 1.82) is 0 Å². The van der Waals surface area contributed by atoms with Crippen molar-refractivity contribution in [2.45, 2.75) is 59.9 Å². The predicted molar refractivity (Wildman–Crippen MR) is 108 cm³/mol. The molecule has 2 rings (SSSR count). The van der Waals surface area contributed by atoms with E-state index in [1.807, 2.05) is 4.90 Å². The van der Waals surface area contributed by atoms with Crippen molar-refractivity contribution >= 4 is 11.9 Å². The number of aliphatic imine (C=N–C) groups is 1. The molecule has 150 valence electrons. The van der Waals surface area contributed by atoms with Crippen LogP contribution >= 0.6 is 0 Å². The van der Waals surface area contributed by atoms with Gasteiger partial charge in [-0.15, -0.1) is 0 Å². The summed E-state index contributed by atoms with van der Waals surface area (Å²) < 4.78 is 0.